The van der Waals surface area contributed by atoms with Crippen LogP contribution in [-0.4, -0.2) is 52.9 Å². The number of benzene rings is 2. The van der Waals surface area contributed by atoms with E-state index in [4.69, 9.17) is 33.2 Å². The normalized spacial score (nSPS) is 25.0. The summed E-state index contributed by atoms with van der Waals surface area (Å²) in [5.41, 5.74) is 2.00. The van der Waals surface area contributed by atoms with Crippen LogP contribution in [-0.2, 0) is 9.53 Å². The van der Waals surface area contributed by atoms with Gasteiger partial charge in [0.25, 0.3) is 0 Å². The lowest BCUT2D eigenvalue weighted by molar-refractivity contribution is -0.141. The molecule has 0 amide bonds. The number of hydrogen-bond donors (Lipinski definition) is 1. The predicted molar refractivity (Wildman–Crippen MR) is 110 cm³/mol. The van der Waals surface area contributed by atoms with E-state index < -0.39 is 23.9 Å². The van der Waals surface area contributed by atoms with Crippen LogP contribution in [0.25, 0.3) is 0 Å². The van der Waals surface area contributed by atoms with Gasteiger partial charge in [-0.3, -0.25) is 4.79 Å². The van der Waals surface area contributed by atoms with Crippen molar-refractivity contribution in [3.05, 3.63) is 34.9 Å². The van der Waals surface area contributed by atoms with Crippen LogP contribution in [0.4, 0.5) is 0 Å². The van der Waals surface area contributed by atoms with E-state index in [0.717, 1.165) is 5.56 Å². The number of fused-ring (bicyclic) bond motifs is 3. The Hall–Kier alpha value is -3.33. The smallest absolute Gasteiger partial charge is 0.310 e. The van der Waals surface area contributed by atoms with Crippen molar-refractivity contribution in [2.45, 2.75) is 12.0 Å². The van der Waals surface area contributed by atoms with Crippen LogP contribution < -0.4 is 28.4 Å². The topological polar surface area (TPSA) is 102 Å². The molecule has 1 N–H and O–H groups in total. The first-order chi connectivity index (χ1) is 15.5. The second kappa shape index (κ2) is 7.67. The Kier molecular flexibility index (Phi) is 4.93. The van der Waals surface area contributed by atoms with Gasteiger partial charge >= 0.3 is 5.97 Å². The van der Waals surface area contributed by atoms with Gasteiger partial charge < -0.3 is 38.3 Å². The summed E-state index contributed by atoms with van der Waals surface area (Å²) in [6.45, 7) is 0.177. The quantitative estimate of drug-likeness (QED) is 0.697. The van der Waals surface area contributed by atoms with Crippen LogP contribution in [0.3, 0.4) is 0 Å². The number of hydrogen-bond acceptors (Lipinski definition) is 9. The number of aliphatic hydroxyl groups excluding tert-OH is 1. The zero-order valence-electron chi connectivity index (χ0n) is 18.2. The summed E-state index contributed by atoms with van der Waals surface area (Å²) < 4.78 is 38.9. The van der Waals surface area contributed by atoms with Gasteiger partial charge in [-0.15, -0.1) is 0 Å². The fourth-order valence-corrected chi connectivity index (χ4v) is 5.10. The van der Waals surface area contributed by atoms with Crippen LogP contribution in [0.1, 0.15) is 28.7 Å². The highest BCUT2D eigenvalue weighted by Gasteiger charge is 2.53. The highest BCUT2D eigenvalue weighted by molar-refractivity contribution is 5.80. The number of aliphatic hydroxyl groups is 1. The van der Waals surface area contributed by atoms with Crippen LogP contribution in [0.5, 0.6) is 34.5 Å². The summed E-state index contributed by atoms with van der Waals surface area (Å²) in [4.78, 5) is 12.9. The lowest BCUT2D eigenvalue weighted by Crippen LogP contribution is -2.35. The van der Waals surface area contributed by atoms with Gasteiger partial charge in [-0.25, -0.2) is 0 Å². The van der Waals surface area contributed by atoms with Gasteiger partial charge in [-0.05, 0) is 29.3 Å². The molecule has 4 atom stereocenters. The van der Waals surface area contributed by atoms with Crippen LogP contribution in [0.2, 0.25) is 0 Å². The van der Waals surface area contributed by atoms with Crippen molar-refractivity contribution in [1.82, 2.24) is 0 Å². The summed E-state index contributed by atoms with van der Waals surface area (Å²) in [5.74, 6) is 0.773. The van der Waals surface area contributed by atoms with E-state index in [2.05, 4.69) is 0 Å². The molecule has 1 fully saturated rings. The van der Waals surface area contributed by atoms with Gasteiger partial charge in [0, 0.05) is 17.4 Å². The third-order valence-corrected chi connectivity index (χ3v) is 6.49. The Labute approximate surface area is 184 Å². The van der Waals surface area contributed by atoms with Gasteiger partial charge in [0.2, 0.25) is 18.3 Å². The van der Waals surface area contributed by atoms with E-state index in [0.29, 0.717) is 45.6 Å². The Morgan fingerprint density at radius 3 is 2.22 bits per heavy atom. The maximum Gasteiger partial charge on any atom is 0.310 e. The molecule has 32 heavy (non-hydrogen) atoms. The number of rotatable bonds is 5. The van der Waals surface area contributed by atoms with Gasteiger partial charge in [0.05, 0.1) is 47.1 Å². The highest BCUT2D eigenvalue weighted by atomic mass is 16.7. The van der Waals surface area contributed by atoms with Crippen LogP contribution in [0, 0.1) is 11.8 Å². The number of carbonyl (C=O) groups is 1. The first kappa shape index (κ1) is 20.6. The number of cyclic esters (lactones) is 1. The zero-order chi connectivity index (χ0) is 22.6. The third kappa shape index (κ3) is 2.77. The summed E-state index contributed by atoms with van der Waals surface area (Å²) >= 11 is 0. The number of carbonyl (C=O) groups excluding carboxylic acids is 1. The molecule has 2 aromatic rings. The summed E-state index contributed by atoms with van der Waals surface area (Å²) in [7, 11) is 6.12. The molecular weight excluding hydrogens is 420 g/mol. The van der Waals surface area contributed by atoms with Crippen molar-refractivity contribution in [3.8, 4) is 34.5 Å². The van der Waals surface area contributed by atoms with Crippen molar-refractivity contribution in [2.24, 2.45) is 11.8 Å². The van der Waals surface area contributed by atoms with Crippen molar-refractivity contribution < 1.29 is 43.1 Å². The van der Waals surface area contributed by atoms with Crippen molar-refractivity contribution >= 4 is 5.97 Å². The third-order valence-electron chi connectivity index (χ3n) is 6.49. The molecule has 0 unspecified atom stereocenters. The van der Waals surface area contributed by atoms with E-state index in [9.17, 15) is 9.90 Å². The van der Waals surface area contributed by atoms with E-state index in [1.807, 2.05) is 0 Å². The second-order valence-electron chi connectivity index (χ2n) is 7.85. The van der Waals surface area contributed by atoms with Crippen LogP contribution in [0.15, 0.2) is 18.2 Å². The van der Waals surface area contributed by atoms with Crippen molar-refractivity contribution in [3.63, 3.8) is 0 Å². The minimum absolute atomic E-state index is 0.0500. The number of ether oxygens (including phenoxy) is 7. The Morgan fingerprint density at radius 2 is 1.59 bits per heavy atom. The first-order valence-corrected chi connectivity index (χ1v) is 10.2. The maximum absolute atomic E-state index is 12.9. The van der Waals surface area contributed by atoms with Gasteiger partial charge in [-0.2, -0.15) is 0 Å². The van der Waals surface area contributed by atoms with Crippen LogP contribution >= 0.6 is 0 Å². The Bertz CT molecular complexity index is 1050. The molecule has 0 aromatic heterocycles. The minimum Gasteiger partial charge on any atom is -0.493 e. The predicted octanol–water partition coefficient (Wildman–Crippen LogP) is 2.42. The molecular formula is C23H24O9. The summed E-state index contributed by atoms with van der Waals surface area (Å²) in [5, 5.41) is 11.2. The summed E-state index contributed by atoms with van der Waals surface area (Å²) in [6.07, 6.45) is -0.928. The molecule has 1 saturated heterocycles. The van der Waals surface area contributed by atoms with Gasteiger partial charge in [0.1, 0.15) is 0 Å². The zero-order valence-corrected chi connectivity index (χ0v) is 18.2. The first-order valence-electron chi connectivity index (χ1n) is 10.2. The fourth-order valence-electron chi connectivity index (χ4n) is 5.10. The fraction of sp³-hybridized carbons (Fsp3) is 0.435. The minimum atomic E-state index is -0.928. The monoisotopic (exact) mass is 444 g/mol. The molecule has 0 radical (unpaired) electrons. The molecule has 5 rings (SSSR count). The van der Waals surface area contributed by atoms with E-state index in [1.54, 1.807) is 18.2 Å². The second-order valence-corrected chi connectivity index (χ2v) is 7.85. The number of esters is 1. The molecule has 170 valence electrons. The molecule has 2 heterocycles. The standard InChI is InChI=1S/C23H24O9/c1-26-13-5-10(6-14(27-2)20(13)28-3)16-17-11(19(24)12-8-30-23(25)18(12)16)7-15-21(22(17)29-4)32-9-31-15/h5-7,12,16,18-19,24H,8-9H2,1-4H3/t12-,16+,18-,19-/m0/s1. The van der Waals surface area contributed by atoms with E-state index in [1.165, 1.54) is 28.4 Å². The molecule has 2 aliphatic heterocycles. The SMILES string of the molecule is COc1cc([C@@H]2c3c(cc4c(c3OC)OCO4)[C@H](O)[C@H]3COC(=O)[C@H]23)cc(OC)c1OC. The van der Waals surface area contributed by atoms with Crippen molar-refractivity contribution in [1.29, 1.82) is 0 Å². The Morgan fingerprint density at radius 1 is 0.906 bits per heavy atom. The molecule has 1 aliphatic carbocycles. The van der Waals surface area contributed by atoms with Crippen molar-refractivity contribution in [2.75, 3.05) is 41.8 Å². The molecule has 9 nitrogen and oxygen atoms in total. The molecule has 9 heteroatoms. The summed E-state index contributed by atoms with van der Waals surface area (Å²) in [6, 6.07) is 5.37. The molecule has 0 saturated carbocycles. The maximum atomic E-state index is 12.9. The average molecular weight is 444 g/mol. The van der Waals surface area contributed by atoms with Gasteiger partial charge in [0.15, 0.2) is 23.0 Å². The number of methoxy groups -OCH3 is 4. The van der Waals surface area contributed by atoms with E-state index >= 15 is 0 Å². The largest absolute Gasteiger partial charge is 0.493 e. The molecule has 2 aromatic carbocycles. The Balaban J connectivity index is 1.80. The highest BCUT2D eigenvalue weighted by Crippen LogP contribution is 2.59. The van der Waals surface area contributed by atoms with Gasteiger partial charge in [-0.1, -0.05) is 0 Å². The molecule has 0 bridgehead atoms. The molecule has 3 aliphatic rings. The lowest BCUT2D eigenvalue weighted by Gasteiger charge is -2.37. The molecule has 0 spiro atoms. The lowest BCUT2D eigenvalue weighted by atomic mass is 9.66. The van der Waals surface area contributed by atoms with E-state index in [-0.39, 0.29) is 19.4 Å². The average Bonchev–Trinajstić information content (AvgIpc) is 3.44.